The van der Waals surface area contributed by atoms with Crippen molar-refractivity contribution in [2.45, 2.75) is 5.88 Å². The maximum absolute atomic E-state index is 6.08. The highest BCUT2D eigenvalue weighted by atomic mass is 35.5. The summed E-state index contributed by atoms with van der Waals surface area (Å²) in [6.45, 7) is 2.96. The van der Waals surface area contributed by atoms with Gasteiger partial charge in [0.2, 0.25) is 0 Å². The van der Waals surface area contributed by atoms with E-state index in [1.165, 1.54) is 0 Å². The molecule has 0 saturated heterocycles. The second-order valence-corrected chi connectivity index (χ2v) is 6.46. The third-order valence-electron chi connectivity index (χ3n) is 3.34. The molecule has 126 valence electrons. The van der Waals surface area contributed by atoms with Crippen molar-refractivity contribution in [3.8, 4) is 0 Å². The molecule has 1 aromatic rings. The van der Waals surface area contributed by atoms with Gasteiger partial charge in [0.15, 0.2) is 0 Å². The Morgan fingerprint density at radius 2 is 1.18 bits per heavy atom. The third-order valence-corrected chi connectivity index (χ3v) is 4.30. The zero-order valence-electron chi connectivity index (χ0n) is 12.4. The maximum atomic E-state index is 6.08. The van der Waals surface area contributed by atoms with Gasteiger partial charge < -0.3 is 9.80 Å². The van der Waals surface area contributed by atoms with Crippen LogP contribution in [-0.2, 0) is 5.88 Å². The van der Waals surface area contributed by atoms with Crippen LogP contribution in [0, 0.1) is 0 Å². The fraction of sp³-hybridized carbons (Fsp3) is 0.600. The van der Waals surface area contributed by atoms with Crippen LogP contribution in [0.5, 0.6) is 0 Å². The van der Waals surface area contributed by atoms with Crippen LogP contribution in [0.4, 0.5) is 11.4 Å². The molecule has 0 aliphatic heterocycles. The van der Waals surface area contributed by atoms with E-state index in [1.807, 2.05) is 6.07 Å². The fourth-order valence-electron chi connectivity index (χ4n) is 2.29. The predicted octanol–water partition coefficient (Wildman–Crippen LogP) is 4.99. The Balaban J connectivity index is 3.14. The molecule has 0 aliphatic carbocycles. The van der Waals surface area contributed by atoms with Crippen molar-refractivity contribution in [1.29, 1.82) is 0 Å². The molecule has 22 heavy (non-hydrogen) atoms. The average Bonchev–Trinajstić information content (AvgIpc) is 2.54. The standard InChI is InChI=1S/C15H21Cl5N2/c16-3-7-21(8-4-17)14-2-1-13(12-20)15(11-14)22(9-5-18)10-6-19/h1-2,11H,3-10,12H2. The Morgan fingerprint density at radius 1 is 0.682 bits per heavy atom. The first-order chi connectivity index (χ1) is 10.7. The first kappa shape index (κ1) is 20.3. The van der Waals surface area contributed by atoms with Gasteiger partial charge in [-0.25, -0.2) is 0 Å². The SMILES string of the molecule is ClCCN(CCCl)c1ccc(CCl)c(N(CCCl)CCCl)c1. The van der Waals surface area contributed by atoms with E-state index in [1.54, 1.807) is 0 Å². The van der Waals surface area contributed by atoms with E-state index in [0.29, 0.717) is 29.4 Å². The molecule has 0 atom stereocenters. The van der Waals surface area contributed by atoms with Gasteiger partial charge in [-0.15, -0.1) is 58.0 Å². The van der Waals surface area contributed by atoms with Crippen LogP contribution in [0.25, 0.3) is 0 Å². The van der Waals surface area contributed by atoms with E-state index in [4.69, 9.17) is 58.0 Å². The normalized spacial score (nSPS) is 10.8. The van der Waals surface area contributed by atoms with Gasteiger partial charge in [0.25, 0.3) is 0 Å². The third kappa shape index (κ3) is 6.05. The average molecular weight is 407 g/mol. The Morgan fingerprint density at radius 3 is 1.64 bits per heavy atom. The molecular weight excluding hydrogens is 385 g/mol. The molecule has 0 bridgehead atoms. The summed E-state index contributed by atoms with van der Waals surface area (Å²) in [4.78, 5) is 4.34. The first-order valence-electron chi connectivity index (χ1n) is 7.14. The summed E-state index contributed by atoms with van der Waals surface area (Å²) in [7, 11) is 0. The molecule has 0 spiro atoms. The zero-order valence-corrected chi connectivity index (χ0v) is 16.2. The number of nitrogens with zero attached hydrogens (tertiary/aromatic N) is 2. The van der Waals surface area contributed by atoms with E-state index in [0.717, 1.165) is 43.1 Å². The quantitative estimate of drug-likeness (QED) is 0.478. The second kappa shape index (κ2) is 11.8. The fourth-order valence-corrected chi connectivity index (χ4v) is 3.33. The lowest BCUT2D eigenvalue weighted by Gasteiger charge is -2.29. The van der Waals surface area contributed by atoms with Gasteiger partial charge >= 0.3 is 0 Å². The minimum Gasteiger partial charge on any atom is -0.369 e. The smallest absolute Gasteiger partial charge is 0.0494 e. The van der Waals surface area contributed by atoms with Crippen molar-refractivity contribution in [2.24, 2.45) is 0 Å². The van der Waals surface area contributed by atoms with Crippen molar-refractivity contribution in [2.75, 3.05) is 59.5 Å². The van der Waals surface area contributed by atoms with Crippen molar-refractivity contribution >= 4 is 69.4 Å². The molecule has 1 aromatic carbocycles. The number of halogens is 5. The molecular formula is C15H21Cl5N2. The van der Waals surface area contributed by atoms with Gasteiger partial charge in [0, 0.05) is 67.0 Å². The highest BCUT2D eigenvalue weighted by molar-refractivity contribution is 6.19. The van der Waals surface area contributed by atoms with Gasteiger partial charge in [-0.1, -0.05) is 6.07 Å². The number of hydrogen-bond donors (Lipinski definition) is 0. The highest BCUT2D eigenvalue weighted by Gasteiger charge is 2.14. The highest BCUT2D eigenvalue weighted by Crippen LogP contribution is 2.28. The molecule has 1 rings (SSSR count). The van der Waals surface area contributed by atoms with Crippen molar-refractivity contribution in [3.05, 3.63) is 23.8 Å². The van der Waals surface area contributed by atoms with Gasteiger partial charge in [-0.3, -0.25) is 0 Å². The molecule has 0 fully saturated rings. The van der Waals surface area contributed by atoms with Gasteiger partial charge in [0.1, 0.15) is 0 Å². The molecule has 0 unspecified atom stereocenters. The molecule has 7 heteroatoms. The summed E-state index contributed by atoms with van der Waals surface area (Å²) in [6.07, 6.45) is 0. The van der Waals surface area contributed by atoms with Crippen LogP contribution in [0.1, 0.15) is 5.56 Å². The lowest BCUT2D eigenvalue weighted by molar-refractivity contribution is 0.855. The summed E-state index contributed by atoms with van der Waals surface area (Å²) < 4.78 is 0. The molecule has 0 saturated carbocycles. The Bertz CT molecular complexity index is 418. The molecule has 0 N–H and O–H groups in total. The minimum atomic E-state index is 0.446. The second-order valence-electron chi connectivity index (χ2n) is 4.68. The molecule has 0 aliphatic rings. The Labute approximate surface area is 158 Å². The predicted molar refractivity (Wildman–Crippen MR) is 103 cm³/mol. The van der Waals surface area contributed by atoms with Crippen LogP contribution in [0.2, 0.25) is 0 Å². The Hall–Kier alpha value is 0.270. The lowest BCUT2D eigenvalue weighted by Crippen LogP contribution is -2.30. The first-order valence-corrected chi connectivity index (χ1v) is 9.81. The largest absolute Gasteiger partial charge is 0.369 e. The lowest BCUT2D eigenvalue weighted by atomic mass is 10.1. The zero-order chi connectivity index (χ0) is 16.4. The van der Waals surface area contributed by atoms with Crippen LogP contribution < -0.4 is 9.80 Å². The Kier molecular flexibility index (Phi) is 10.9. The summed E-state index contributed by atoms with van der Waals surface area (Å²) in [5.41, 5.74) is 3.22. The van der Waals surface area contributed by atoms with E-state index in [-0.39, 0.29) is 0 Å². The summed E-state index contributed by atoms with van der Waals surface area (Å²) in [5.74, 6) is 2.63. The summed E-state index contributed by atoms with van der Waals surface area (Å²) in [5, 5.41) is 0. The van der Waals surface area contributed by atoms with Crippen molar-refractivity contribution < 1.29 is 0 Å². The number of alkyl halides is 5. The summed E-state index contributed by atoms with van der Waals surface area (Å²) in [6, 6.07) is 6.22. The van der Waals surface area contributed by atoms with E-state index >= 15 is 0 Å². The van der Waals surface area contributed by atoms with E-state index in [9.17, 15) is 0 Å². The van der Waals surface area contributed by atoms with Crippen LogP contribution in [0.15, 0.2) is 18.2 Å². The molecule has 0 aromatic heterocycles. The molecule has 0 heterocycles. The van der Waals surface area contributed by atoms with Crippen LogP contribution in [-0.4, -0.2) is 49.7 Å². The van der Waals surface area contributed by atoms with Crippen LogP contribution >= 0.6 is 58.0 Å². The monoisotopic (exact) mass is 404 g/mol. The number of hydrogen-bond acceptors (Lipinski definition) is 2. The summed E-state index contributed by atoms with van der Waals surface area (Å²) >= 11 is 29.7. The molecule has 0 radical (unpaired) electrons. The molecule has 2 nitrogen and oxygen atoms in total. The van der Waals surface area contributed by atoms with Gasteiger partial charge in [-0.2, -0.15) is 0 Å². The topological polar surface area (TPSA) is 6.48 Å². The van der Waals surface area contributed by atoms with Crippen molar-refractivity contribution in [1.82, 2.24) is 0 Å². The van der Waals surface area contributed by atoms with E-state index in [2.05, 4.69) is 21.9 Å². The number of benzene rings is 1. The molecule has 0 amide bonds. The van der Waals surface area contributed by atoms with Gasteiger partial charge in [0.05, 0.1) is 0 Å². The van der Waals surface area contributed by atoms with Gasteiger partial charge in [-0.05, 0) is 17.7 Å². The number of rotatable bonds is 11. The number of anilines is 2. The minimum absolute atomic E-state index is 0.446. The maximum Gasteiger partial charge on any atom is 0.0494 e. The van der Waals surface area contributed by atoms with Crippen molar-refractivity contribution in [3.63, 3.8) is 0 Å². The van der Waals surface area contributed by atoms with Crippen LogP contribution in [0.3, 0.4) is 0 Å². The van der Waals surface area contributed by atoms with E-state index < -0.39 is 0 Å².